The standard InChI is InChI=1S/C26H30ClN5O3/c1-29-23(18-24(33)30(2)26(29)35)32-15-13-31(14-16-32)12-6-11-28-22-10-9-20(27)17-21(22)25(34)19-7-4-3-5-8-19/h3-5,7-10,17-18,28H,6,11-16H2,1-2H3. The third kappa shape index (κ3) is 5.66. The van der Waals surface area contributed by atoms with Crippen LogP contribution in [0.4, 0.5) is 11.5 Å². The van der Waals surface area contributed by atoms with E-state index in [1.54, 1.807) is 31.3 Å². The highest BCUT2D eigenvalue weighted by Crippen LogP contribution is 2.24. The van der Waals surface area contributed by atoms with Gasteiger partial charge in [-0.1, -0.05) is 41.9 Å². The van der Waals surface area contributed by atoms with E-state index >= 15 is 0 Å². The molecule has 1 N–H and O–H groups in total. The van der Waals surface area contributed by atoms with Crippen molar-refractivity contribution in [1.82, 2.24) is 14.0 Å². The van der Waals surface area contributed by atoms with Crippen LogP contribution in [0.25, 0.3) is 0 Å². The second-order valence-electron chi connectivity index (χ2n) is 8.74. The molecule has 0 unspecified atom stereocenters. The van der Waals surface area contributed by atoms with Crippen LogP contribution in [0.3, 0.4) is 0 Å². The molecule has 2 heterocycles. The topological polar surface area (TPSA) is 79.6 Å². The van der Waals surface area contributed by atoms with Gasteiger partial charge in [0.2, 0.25) is 0 Å². The van der Waals surface area contributed by atoms with Crippen LogP contribution in [0.2, 0.25) is 5.02 Å². The molecule has 184 valence electrons. The molecule has 1 saturated heterocycles. The molecule has 0 bridgehead atoms. The monoisotopic (exact) mass is 495 g/mol. The summed E-state index contributed by atoms with van der Waals surface area (Å²) in [7, 11) is 3.19. The molecular weight excluding hydrogens is 466 g/mol. The maximum atomic E-state index is 13.0. The van der Waals surface area contributed by atoms with Gasteiger partial charge in [-0.2, -0.15) is 0 Å². The predicted octanol–water partition coefficient (Wildman–Crippen LogP) is 2.59. The van der Waals surface area contributed by atoms with Crippen molar-refractivity contribution in [2.24, 2.45) is 14.1 Å². The van der Waals surface area contributed by atoms with Gasteiger partial charge in [0.25, 0.3) is 5.56 Å². The fourth-order valence-corrected chi connectivity index (χ4v) is 4.53. The smallest absolute Gasteiger partial charge is 0.332 e. The minimum absolute atomic E-state index is 0.0585. The predicted molar refractivity (Wildman–Crippen MR) is 140 cm³/mol. The molecule has 35 heavy (non-hydrogen) atoms. The number of nitrogens with one attached hydrogen (secondary N) is 1. The van der Waals surface area contributed by atoms with Crippen molar-refractivity contribution >= 4 is 28.9 Å². The van der Waals surface area contributed by atoms with E-state index in [4.69, 9.17) is 11.6 Å². The van der Waals surface area contributed by atoms with Gasteiger partial charge in [-0.25, -0.2) is 4.79 Å². The molecule has 0 spiro atoms. The van der Waals surface area contributed by atoms with Gasteiger partial charge in [0.05, 0.1) is 0 Å². The van der Waals surface area contributed by atoms with Crippen molar-refractivity contribution in [2.75, 3.05) is 49.5 Å². The van der Waals surface area contributed by atoms with Crippen molar-refractivity contribution in [3.05, 3.63) is 91.6 Å². The molecule has 2 aromatic carbocycles. The first-order valence-electron chi connectivity index (χ1n) is 11.7. The van der Waals surface area contributed by atoms with E-state index in [0.29, 0.717) is 22.0 Å². The summed E-state index contributed by atoms with van der Waals surface area (Å²) < 4.78 is 2.65. The highest BCUT2D eigenvalue weighted by atomic mass is 35.5. The van der Waals surface area contributed by atoms with Gasteiger partial charge in [0, 0.05) is 74.7 Å². The van der Waals surface area contributed by atoms with E-state index in [1.807, 2.05) is 24.3 Å². The zero-order chi connectivity index (χ0) is 24.9. The number of carbonyl (C=O) groups excluding carboxylic acids is 1. The zero-order valence-electron chi connectivity index (χ0n) is 20.0. The molecule has 1 aliphatic rings. The first-order chi connectivity index (χ1) is 16.8. The van der Waals surface area contributed by atoms with Crippen LogP contribution >= 0.6 is 11.6 Å². The SMILES string of the molecule is Cn1c(N2CCN(CCCNc3ccc(Cl)cc3C(=O)c3ccccc3)CC2)cc(=O)n(C)c1=O. The maximum Gasteiger partial charge on any atom is 0.332 e. The van der Waals surface area contributed by atoms with Gasteiger partial charge in [0.1, 0.15) is 5.82 Å². The van der Waals surface area contributed by atoms with Gasteiger partial charge in [-0.05, 0) is 31.2 Å². The number of halogens is 1. The Morgan fingerprint density at radius 2 is 1.66 bits per heavy atom. The summed E-state index contributed by atoms with van der Waals surface area (Å²) in [5.74, 6) is 0.606. The molecular formula is C26H30ClN5O3. The van der Waals surface area contributed by atoms with E-state index in [9.17, 15) is 14.4 Å². The van der Waals surface area contributed by atoms with Crippen LogP contribution < -0.4 is 21.5 Å². The third-order valence-electron chi connectivity index (χ3n) is 6.43. The normalized spacial score (nSPS) is 14.2. The number of nitrogens with zero attached hydrogens (tertiary/aromatic N) is 4. The van der Waals surface area contributed by atoms with Crippen LogP contribution in [0.15, 0.2) is 64.2 Å². The number of rotatable bonds is 8. The van der Waals surface area contributed by atoms with Crippen molar-refractivity contribution in [3.8, 4) is 0 Å². The second-order valence-corrected chi connectivity index (χ2v) is 9.17. The first kappa shape index (κ1) is 24.8. The Bertz CT molecular complexity index is 1310. The summed E-state index contributed by atoms with van der Waals surface area (Å²) in [4.78, 5) is 41.7. The number of ketones is 1. The Balaban J connectivity index is 1.30. The number of hydrogen-bond donors (Lipinski definition) is 1. The average Bonchev–Trinajstić information content (AvgIpc) is 2.88. The lowest BCUT2D eigenvalue weighted by Gasteiger charge is -2.36. The van der Waals surface area contributed by atoms with E-state index in [1.165, 1.54) is 17.7 Å². The van der Waals surface area contributed by atoms with Crippen LogP contribution in [0.1, 0.15) is 22.3 Å². The number of piperazine rings is 1. The molecule has 0 atom stereocenters. The Hall–Kier alpha value is -3.36. The summed E-state index contributed by atoms with van der Waals surface area (Å²) in [6.07, 6.45) is 0.909. The molecule has 4 rings (SSSR count). The highest BCUT2D eigenvalue weighted by Gasteiger charge is 2.20. The lowest BCUT2D eigenvalue weighted by atomic mass is 10.0. The summed E-state index contributed by atoms with van der Waals surface area (Å²) in [6, 6.07) is 16.1. The van der Waals surface area contributed by atoms with Crippen molar-refractivity contribution in [3.63, 3.8) is 0 Å². The van der Waals surface area contributed by atoms with Crippen LogP contribution in [0, 0.1) is 0 Å². The van der Waals surface area contributed by atoms with Crippen LogP contribution in [-0.4, -0.2) is 59.1 Å². The van der Waals surface area contributed by atoms with E-state index < -0.39 is 0 Å². The van der Waals surface area contributed by atoms with Gasteiger partial charge >= 0.3 is 5.69 Å². The molecule has 1 aliphatic heterocycles. The van der Waals surface area contributed by atoms with E-state index in [0.717, 1.165) is 55.9 Å². The summed E-state index contributed by atoms with van der Waals surface area (Å²) in [6.45, 7) is 4.83. The Morgan fingerprint density at radius 3 is 2.37 bits per heavy atom. The maximum absolute atomic E-state index is 13.0. The fraction of sp³-hybridized carbons (Fsp3) is 0.346. The van der Waals surface area contributed by atoms with Gasteiger partial charge in [-0.15, -0.1) is 0 Å². The Morgan fingerprint density at radius 1 is 0.943 bits per heavy atom. The molecule has 3 aromatic rings. The molecule has 0 amide bonds. The van der Waals surface area contributed by atoms with Gasteiger partial charge in [-0.3, -0.25) is 23.6 Å². The van der Waals surface area contributed by atoms with Gasteiger partial charge < -0.3 is 10.2 Å². The summed E-state index contributed by atoms with van der Waals surface area (Å²) >= 11 is 6.17. The summed E-state index contributed by atoms with van der Waals surface area (Å²) in [5, 5.41) is 3.93. The Labute approximate surface area is 209 Å². The van der Waals surface area contributed by atoms with Crippen molar-refractivity contribution in [1.29, 1.82) is 0 Å². The quantitative estimate of drug-likeness (QED) is 0.382. The Kier molecular flexibility index (Phi) is 7.73. The van der Waals surface area contributed by atoms with Crippen LogP contribution in [0.5, 0.6) is 0 Å². The molecule has 0 aliphatic carbocycles. The largest absolute Gasteiger partial charge is 0.384 e. The number of carbonyl (C=O) groups is 1. The minimum atomic E-state index is -0.312. The third-order valence-corrected chi connectivity index (χ3v) is 6.66. The zero-order valence-corrected chi connectivity index (χ0v) is 20.8. The van der Waals surface area contributed by atoms with E-state index in [2.05, 4.69) is 15.1 Å². The number of anilines is 2. The molecule has 1 fully saturated rings. The van der Waals surface area contributed by atoms with Crippen molar-refractivity contribution < 1.29 is 4.79 Å². The molecule has 9 heteroatoms. The van der Waals surface area contributed by atoms with Gasteiger partial charge in [0.15, 0.2) is 5.78 Å². The molecule has 1 aromatic heterocycles. The number of hydrogen-bond acceptors (Lipinski definition) is 6. The lowest BCUT2D eigenvalue weighted by Crippen LogP contribution is -2.49. The lowest BCUT2D eigenvalue weighted by molar-refractivity contribution is 0.103. The molecule has 0 radical (unpaired) electrons. The highest BCUT2D eigenvalue weighted by molar-refractivity contribution is 6.31. The second kappa shape index (κ2) is 10.9. The number of benzene rings is 2. The fourth-order valence-electron chi connectivity index (χ4n) is 4.35. The average molecular weight is 496 g/mol. The molecule has 0 saturated carbocycles. The van der Waals surface area contributed by atoms with Crippen LogP contribution in [-0.2, 0) is 14.1 Å². The van der Waals surface area contributed by atoms with Crippen molar-refractivity contribution in [2.45, 2.75) is 6.42 Å². The number of aromatic nitrogens is 2. The first-order valence-corrected chi connectivity index (χ1v) is 12.1. The molecule has 8 nitrogen and oxygen atoms in total. The summed E-state index contributed by atoms with van der Waals surface area (Å²) in [5.41, 5.74) is 1.37. The van der Waals surface area contributed by atoms with E-state index in [-0.39, 0.29) is 17.0 Å². The minimum Gasteiger partial charge on any atom is -0.384 e.